The van der Waals surface area contributed by atoms with Crippen LogP contribution >= 0.6 is 0 Å². The number of halogens is 3. The van der Waals surface area contributed by atoms with Crippen molar-refractivity contribution in [1.82, 2.24) is 4.98 Å². The van der Waals surface area contributed by atoms with Crippen molar-refractivity contribution >= 4 is 17.4 Å². The molecule has 1 aliphatic heterocycles. The van der Waals surface area contributed by atoms with Gasteiger partial charge in [-0.1, -0.05) is 39.0 Å². The van der Waals surface area contributed by atoms with E-state index in [1.54, 1.807) is 6.07 Å². The molecule has 0 spiro atoms. The second-order valence-electron chi connectivity index (χ2n) is 9.24. The number of hydrogen-bond acceptors (Lipinski definition) is 3. The van der Waals surface area contributed by atoms with Crippen molar-refractivity contribution in [3.63, 3.8) is 0 Å². The van der Waals surface area contributed by atoms with Crippen LogP contribution < -0.4 is 10.2 Å². The third-order valence-corrected chi connectivity index (χ3v) is 5.21. The maximum atomic E-state index is 13.4. The average Bonchev–Trinajstić information content (AvgIpc) is 2.88. The molecule has 0 unspecified atom stereocenters. The quantitative estimate of drug-likeness (QED) is 0.688. The molecular weight excluding hydrogens is 391 g/mol. The summed E-state index contributed by atoms with van der Waals surface area (Å²) in [5.41, 5.74) is 1.91. The zero-order chi connectivity index (χ0) is 22.3. The van der Waals surface area contributed by atoms with Crippen molar-refractivity contribution in [3.05, 3.63) is 52.7 Å². The fourth-order valence-corrected chi connectivity index (χ4v) is 3.81. The fraction of sp³-hybridized carbons (Fsp3) is 0.478. The van der Waals surface area contributed by atoms with Gasteiger partial charge in [0.05, 0.1) is 16.9 Å². The van der Waals surface area contributed by atoms with Gasteiger partial charge in [0.1, 0.15) is 5.82 Å². The third kappa shape index (κ3) is 4.94. The molecule has 7 heteroatoms. The van der Waals surface area contributed by atoms with E-state index in [1.165, 1.54) is 12.1 Å². The first-order chi connectivity index (χ1) is 13.8. The molecule has 0 fully saturated rings. The number of aromatic nitrogens is 1. The Morgan fingerprint density at radius 3 is 2.53 bits per heavy atom. The summed E-state index contributed by atoms with van der Waals surface area (Å²) >= 11 is 0. The number of alkyl halides is 3. The Balaban J connectivity index is 1.87. The average molecular weight is 419 g/mol. The van der Waals surface area contributed by atoms with E-state index in [9.17, 15) is 18.0 Å². The topological polar surface area (TPSA) is 45.2 Å². The maximum absolute atomic E-state index is 13.4. The van der Waals surface area contributed by atoms with Crippen molar-refractivity contribution < 1.29 is 18.0 Å². The van der Waals surface area contributed by atoms with E-state index in [0.717, 1.165) is 23.0 Å². The van der Waals surface area contributed by atoms with Gasteiger partial charge in [-0.3, -0.25) is 4.79 Å². The van der Waals surface area contributed by atoms with E-state index in [2.05, 4.69) is 10.3 Å². The molecule has 0 bridgehead atoms. The highest BCUT2D eigenvalue weighted by Gasteiger charge is 2.35. The predicted molar refractivity (Wildman–Crippen MR) is 112 cm³/mol. The van der Waals surface area contributed by atoms with E-state index in [-0.39, 0.29) is 29.5 Å². The minimum absolute atomic E-state index is 0.00807. The van der Waals surface area contributed by atoms with Gasteiger partial charge in [-0.15, -0.1) is 0 Å². The number of amides is 1. The van der Waals surface area contributed by atoms with Crippen LogP contribution in [0.2, 0.25) is 0 Å². The van der Waals surface area contributed by atoms with Crippen LogP contribution in [-0.4, -0.2) is 16.9 Å². The molecule has 2 heterocycles. The molecule has 30 heavy (non-hydrogen) atoms. The molecule has 1 amide bonds. The summed E-state index contributed by atoms with van der Waals surface area (Å²) in [4.78, 5) is 18.9. The van der Waals surface area contributed by atoms with E-state index in [4.69, 9.17) is 0 Å². The summed E-state index contributed by atoms with van der Waals surface area (Å²) in [5, 5.41) is 2.89. The maximum Gasteiger partial charge on any atom is 0.416 e. The molecule has 3 rings (SSSR count). The second-order valence-corrected chi connectivity index (χ2v) is 9.24. The lowest BCUT2D eigenvalue weighted by Crippen LogP contribution is -2.29. The number of hydrogen-bond donors (Lipinski definition) is 1. The second kappa shape index (κ2) is 7.93. The number of benzene rings is 1. The number of anilines is 2. The highest BCUT2D eigenvalue weighted by atomic mass is 19.4. The van der Waals surface area contributed by atoms with Crippen molar-refractivity contribution in [2.45, 2.75) is 66.2 Å². The first-order valence-electron chi connectivity index (χ1n) is 10.1. The van der Waals surface area contributed by atoms with E-state index < -0.39 is 11.7 Å². The lowest BCUT2D eigenvalue weighted by molar-refractivity contribution is -0.138. The van der Waals surface area contributed by atoms with Crippen molar-refractivity contribution in [1.29, 1.82) is 0 Å². The van der Waals surface area contributed by atoms with Crippen LogP contribution in [0.3, 0.4) is 0 Å². The summed E-state index contributed by atoms with van der Waals surface area (Å²) in [7, 11) is 0. The Bertz CT molecular complexity index is 948. The van der Waals surface area contributed by atoms with Gasteiger partial charge < -0.3 is 10.2 Å². The van der Waals surface area contributed by atoms with Crippen LogP contribution in [0.25, 0.3) is 0 Å². The number of fused-ring (bicyclic) bond motifs is 1. The van der Waals surface area contributed by atoms with Crippen molar-refractivity contribution in [2.75, 3.05) is 10.2 Å². The van der Waals surface area contributed by atoms with Gasteiger partial charge in [0, 0.05) is 25.4 Å². The number of nitrogens with one attached hydrogen (secondary N) is 1. The van der Waals surface area contributed by atoms with Crippen LogP contribution in [-0.2, 0) is 23.9 Å². The number of carbonyl (C=O) groups excluding carboxylic acids is 1. The molecule has 0 radical (unpaired) electrons. The van der Waals surface area contributed by atoms with E-state index in [1.807, 2.05) is 45.6 Å². The van der Waals surface area contributed by atoms with Crippen LogP contribution in [0.5, 0.6) is 0 Å². The zero-order valence-electron chi connectivity index (χ0n) is 18.0. The van der Waals surface area contributed by atoms with E-state index >= 15 is 0 Å². The summed E-state index contributed by atoms with van der Waals surface area (Å²) in [6.45, 7) is 9.96. The SMILES string of the molecule is Cc1cc2c(nc1NC(=O)CC(C)(C)C)C[C@@H](C)N2Cc1ccccc1C(F)(F)F. The number of carbonyl (C=O) groups is 1. The molecular formula is C23H28F3N3O. The Labute approximate surface area is 175 Å². The first-order valence-corrected chi connectivity index (χ1v) is 10.1. The van der Waals surface area contributed by atoms with Gasteiger partial charge in [0.15, 0.2) is 0 Å². The summed E-state index contributed by atoms with van der Waals surface area (Å²) in [6, 6.07) is 7.60. The monoisotopic (exact) mass is 419 g/mol. The van der Waals surface area contributed by atoms with Crippen LogP contribution in [0, 0.1) is 12.3 Å². The Kier molecular flexibility index (Phi) is 5.85. The van der Waals surface area contributed by atoms with Gasteiger partial charge in [-0.2, -0.15) is 13.2 Å². The molecule has 4 nitrogen and oxygen atoms in total. The minimum atomic E-state index is -4.39. The fourth-order valence-electron chi connectivity index (χ4n) is 3.81. The lowest BCUT2D eigenvalue weighted by Gasteiger charge is -2.26. The molecule has 0 saturated carbocycles. The third-order valence-electron chi connectivity index (χ3n) is 5.21. The van der Waals surface area contributed by atoms with Gasteiger partial charge in [0.2, 0.25) is 5.91 Å². The van der Waals surface area contributed by atoms with Crippen LogP contribution in [0.15, 0.2) is 30.3 Å². The minimum Gasteiger partial charge on any atom is -0.363 e. The molecule has 0 saturated heterocycles. The number of nitrogens with zero attached hydrogens (tertiary/aromatic N) is 2. The highest BCUT2D eigenvalue weighted by molar-refractivity contribution is 5.91. The normalized spacial score (nSPS) is 16.5. The first kappa shape index (κ1) is 22.1. The van der Waals surface area contributed by atoms with Crippen LogP contribution in [0.1, 0.15) is 56.5 Å². The molecule has 162 valence electrons. The summed E-state index contributed by atoms with van der Waals surface area (Å²) < 4.78 is 40.2. The molecule has 1 aromatic carbocycles. The lowest BCUT2D eigenvalue weighted by atomic mass is 9.92. The summed E-state index contributed by atoms with van der Waals surface area (Å²) in [5.74, 6) is 0.424. The molecule has 0 aliphatic carbocycles. The smallest absolute Gasteiger partial charge is 0.363 e. The largest absolute Gasteiger partial charge is 0.416 e. The van der Waals surface area contributed by atoms with Crippen molar-refractivity contribution in [2.24, 2.45) is 5.41 Å². The Hall–Kier alpha value is -2.57. The van der Waals surface area contributed by atoms with Gasteiger partial charge >= 0.3 is 6.18 Å². The number of rotatable bonds is 4. The van der Waals surface area contributed by atoms with Gasteiger partial charge in [-0.05, 0) is 42.5 Å². The van der Waals surface area contributed by atoms with Crippen LogP contribution in [0.4, 0.5) is 24.7 Å². The molecule has 1 aliphatic rings. The number of aryl methyl sites for hydroxylation is 1. The highest BCUT2D eigenvalue weighted by Crippen LogP contribution is 2.38. The predicted octanol–water partition coefficient (Wildman–Crippen LogP) is 5.73. The van der Waals surface area contributed by atoms with Crippen molar-refractivity contribution in [3.8, 4) is 0 Å². The Morgan fingerprint density at radius 2 is 1.90 bits per heavy atom. The summed E-state index contributed by atoms with van der Waals surface area (Å²) in [6.07, 6.45) is -3.40. The molecule has 1 aromatic heterocycles. The van der Waals surface area contributed by atoms with E-state index in [0.29, 0.717) is 18.7 Å². The molecule has 1 atom stereocenters. The van der Waals surface area contributed by atoms with Gasteiger partial charge in [0.25, 0.3) is 0 Å². The number of pyridine rings is 1. The molecule has 2 aromatic rings. The zero-order valence-corrected chi connectivity index (χ0v) is 18.0. The Morgan fingerprint density at radius 1 is 1.23 bits per heavy atom. The molecule has 1 N–H and O–H groups in total. The van der Waals surface area contributed by atoms with Gasteiger partial charge in [-0.25, -0.2) is 4.98 Å². The standard InChI is InChI=1S/C23H28F3N3O/c1-14-10-19-18(27-21(14)28-20(30)12-22(3,4)5)11-15(2)29(19)13-16-8-6-7-9-17(16)23(24,25)26/h6-10,15H,11-13H2,1-5H3,(H,27,28,30)/t15-/m1/s1.